The van der Waals surface area contributed by atoms with Crippen molar-refractivity contribution in [3.05, 3.63) is 220 Å². The molecule has 65 heavy (non-hydrogen) atoms. The first-order valence-electron chi connectivity index (χ1n) is 23.6. The summed E-state index contributed by atoms with van der Waals surface area (Å²) in [5.41, 5.74) is 13.6. The molecule has 2 aromatic heterocycles. The molecule has 4 aliphatic rings. The lowest BCUT2D eigenvalue weighted by Gasteiger charge is -2.36. The molecule has 0 fully saturated rings. The van der Waals surface area contributed by atoms with E-state index in [2.05, 4.69) is 187 Å². The van der Waals surface area contributed by atoms with Crippen molar-refractivity contribution in [2.45, 2.75) is 69.7 Å². The van der Waals surface area contributed by atoms with Crippen LogP contribution >= 0.6 is 0 Å². The number of benzene rings is 4. The van der Waals surface area contributed by atoms with E-state index < -0.39 is 10.8 Å². The van der Waals surface area contributed by atoms with Crippen LogP contribution in [0.3, 0.4) is 0 Å². The summed E-state index contributed by atoms with van der Waals surface area (Å²) in [6, 6.07) is 50.4. The number of H-pyrrole nitrogens is 1. The zero-order valence-corrected chi connectivity index (χ0v) is 37.6. The van der Waals surface area contributed by atoms with Gasteiger partial charge in [-0.2, -0.15) is 0 Å². The summed E-state index contributed by atoms with van der Waals surface area (Å²) in [5, 5.41) is 0. The van der Waals surface area contributed by atoms with Gasteiger partial charge in [0, 0.05) is 40.3 Å². The second-order valence-electron chi connectivity index (χ2n) is 17.4. The van der Waals surface area contributed by atoms with Crippen molar-refractivity contribution < 1.29 is 14.2 Å². The molecular weight excluding hydrogens is 801 g/mol. The zero-order chi connectivity index (χ0) is 44.1. The fraction of sp³-hybridized carbons (Fsp3) is 0.276. The lowest BCUT2D eigenvalue weighted by atomic mass is 9.70. The molecule has 0 aliphatic carbocycles. The molecule has 4 aromatic carbocycles. The quantitative estimate of drug-likeness (QED) is 0.157. The van der Waals surface area contributed by atoms with E-state index in [1.54, 1.807) is 0 Å². The molecule has 0 unspecified atom stereocenters. The van der Waals surface area contributed by atoms with Crippen molar-refractivity contribution in [3.63, 3.8) is 0 Å². The van der Waals surface area contributed by atoms with Crippen LogP contribution < -0.4 is 4.74 Å². The Morgan fingerprint density at radius 1 is 0.554 bits per heavy atom. The normalized spacial score (nSPS) is 23.0. The Hall–Kier alpha value is -6.54. The number of hydrogen-bond donors (Lipinski definition) is 1. The molecule has 0 saturated carbocycles. The van der Waals surface area contributed by atoms with Crippen molar-refractivity contribution >= 4 is 22.6 Å². The lowest BCUT2D eigenvalue weighted by molar-refractivity contribution is 0.0336. The molecule has 10 rings (SSSR count). The van der Waals surface area contributed by atoms with Crippen molar-refractivity contribution in [3.8, 4) is 5.75 Å². The maximum atomic E-state index is 6.63. The van der Waals surface area contributed by atoms with Crippen LogP contribution in [0.2, 0.25) is 0 Å². The van der Waals surface area contributed by atoms with E-state index in [9.17, 15) is 0 Å². The van der Waals surface area contributed by atoms with Gasteiger partial charge in [-0.3, -0.25) is 9.98 Å². The summed E-state index contributed by atoms with van der Waals surface area (Å²) in [5.74, 6) is 0.800. The molecular formula is C58H58N4O3. The van der Waals surface area contributed by atoms with E-state index in [1.165, 1.54) is 16.8 Å². The first-order valence-corrected chi connectivity index (χ1v) is 23.6. The minimum atomic E-state index is -0.615. The monoisotopic (exact) mass is 858 g/mol. The number of allylic oxidation sites excluding steroid dienone is 4. The number of rotatable bonds is 9. The summed E-state index contributed by atoms with van der Waals surface area (Å²) in [6.45, 7) is 7.56. The highest BCUT2D eigenvalue weighted by Crippen LogP contribution is 2.48. The molecule has 2 atom stereocenters. The van der Waals surface area contributed by atoms with Crippen LogP contribution in [0.25, 0.3) is 11.1 Å². The highest BCUT2D eigenvalue weighted by Gasteiger charge is 2.44. The van der Waals surface area contributed by atoms with Gasteiger partial charge in [0.15, 0.2) is 0 Å². The summed E-state index contributed by atoms with van der Waals surface area (Å²) < 4.78 is 21.5. The van der Waals surface area contributed by atoms with Crippen LogP contribution in [0, 0.1) is 0 Å². The third-order valence-corrected chi connectivity index (χ3v) is 13.6. The van der Waals surface area contributed by atoms with Crippen LogP contribution in [0.1, 0.15) is 97.4 Å². The molecule has 1 N–H and O–H groups in total. The number of fused-ring (bicyclic) bond motifs is 6. The van der Waals surface area contributed by atoms with E-state index in [-0.39, 0.29) is 0 Å². The van der Waals surface area contributed by atoms with Gasteiger partial charge in [0.1, 0.15) is 12.4 Å². The molecule has 7 heteroatoms. The van der Waals surface area contributed by atoms with Gasteiger partial charge in [-0.25, -0.2) is 0 Å². The fourth-order valence-corrected chi connectivity index (χ4v) is 10.5. The fourth-order valence-electron chi connectivity index (χ4n) is 10.5. The molecule has 4 aliphatic heterocycles. The van der Waals surface area contributed by atoms with E-state index in [0.717, 1.165) is 106 Å². The van der Waals surface area contributed by atoms with Crippen LogP contribution in [-0.2, 0) is 26.8 Å². The highest BCUT2D eigenvalue weighted by atomic mass is 16.5. The van der Waals surface area contributed by atoms with Crippen LogP contribution in [0.15, 0.2) is 185 Å². The molecule has 7 nitrogen and oxygen atoms in total. The number of hydrogen-bond acceptors (Lipinski definition) is 5. The smallest absolute Gasteiger partial charge is 0.127 e. The second kappa shape index (κ2) is 18.9. The van der Waals surface area contributed by atoms with E-state index in [4.69, 9.17) is 24.2 Å². The zero-order valence-electron chi connectivity index (χ0n) is 37.6. The van der Waals surface area contributed by atoms with Gasteiger partial charge in [-0.1, -0.05) is 149 Å². The van der Waals surface area contributed by atoms with Crippen molar-refractivity contribution in [2.24, 2.45) is 9.98 Å². The van der Waals surface area contributed by atoms with E-state index >= 15 is 0 Å². The van der Waals surface area contributed by atoms with Crippen LogP contribution in [0.4, 0.5) is 0 Å². The third kappa shape index (κ3) is 7.81. The number of aromatic amines is 1. The van der Waals surface area contributed by atoms with E-state index in [0.29, 0.717) is 39.6 Å². The summed E-state index contributed by atoms with van der Waals surface area (Å²) in [4.78, 5) is 15.7. The van der Waals surface area contributed by atoms with Gasteiger partial charge >= 0.3 is 0 Å². The standard InChI is InChI=1S/C58H58N4O3/c1-3-5-34-57(43-20-12-8-13-21-43)51-30-26-46(59-51)55(42-18-10-7-11-19-42)47-27-32-53(60-47)58(35-6-4-2,44-22-14-9-15-23-44)54-33-29-49-56(48-28-31-52(57)61-48)45-24-16-17-25-50(45)65-41-40-64-39-38-63-37-36-62(49)54/h7-33,59H,3-6,34-41H2,1-2H3/b55-47-,56-48-/t57-,58-/m1/s1. The van der Waals surface area contributed by atoms with Crippen molar-refractivity contribution in [2.75, 3.05) is 33.0 Å². The van der Waals surface area contributed by atoms with Gasteiger partial charge in [0.05, 0.1) is 65.8 Å². The van der Waals surface area contributed by atoms with Crippen LogP contribution in [-0.4, -0.2) is 54.0 Å². The highest BCUT2D eigenvalue weighted by molar-refractivity contribution is 6.11. The van der Waals surface area contributed by atoms with Crippen molar-refractivity contribution in [1.29, 1.82) is 0 Å². The predicted molar refractivity (Wildman–Crippen MR) is 264 cm³/mol. The first kappa shape index (κ1) is 42.4. The van der Waals surface area contributed by atoms with Gasteiger partial charge in [0.2, 0.25) is 0 Å². The molecule has 0 radical (unpaired) electrons. The van der Waals surface area contributed by atoms with Gasteiger partial charge < -0.3 is 23.8 Å². The predicted octanol–water partition coefficient (Wildman–Crippen LogP) is 12.4. The van der Waals surface area contributed by atoms with Gasteiger partial charge in [-0.05, 0) is 84.2 Å². The number of ether oxygens (including phenoxy) is 3. The molecule has 10 bridgehead atoms. The van der Waals surface area contributed by atoms with Crippen molar-refractivity contribution in [1.82, 2.24) is 9.55 Å². The maximum Gasteiger partial charge on any atom is 0.127 e. The largest absolute Gasteiger partial charge is 0.491 e. The minimum absolute atomic E-state index is 0.417. The Labute approximate surface area is 383 Å². The first-order chi connectivity index (χ1) is 32.2. The third-order valence-electron chi connectivity index (χ3n) is 13.6. The Kier molecular flexibility index (Phi) is 12.3. The summed E-state index contributed by atoms with van der Waals surface area (Å²) in [6.07, 6.45) is 14.9. The summed E-state index contributed by atoms with van der Waals surface area (Å²) in [7, 11) is 0. The number of aromatic nitrogens is 2. The number of aliphatic imine (C=N–C) groups is 2. The van der Waals surface area contributed by atoms with E-state index in [1.807, 2.05) is 0 Å². The Balaban J connectivity index is 1.36. The van der Waals surface area contributed by atoms with Gasteiger partial charge in [0.25, 0.3) is 0 Å². The van der Waals surface area contributed by atoms with Gasteiger partial charge in [-0.15, -0.1) is 0 Å². The maximum absolute atomic E-state index is 6.63. The lowest BCUT2D eigenvalue weighted by Crippen LogP contribution is -2.38. The van der Waals surface area contributed by atoms with Crippen LogP contribution in [0.5, 0.6) is 5.75 Å². The molecule has 0 saturated heterocycles. The molecule has 328 valence electrons. The number of para-hydroxylation sites is 1. The summed E-state index contributed by atoms with van der Waals surface area (Å²) >= 11 is 0. The number of unbranched alkanes of at least 4 members (excludes halogenated alkanes) is 2. The average Bonchev–Trinajstić information content (AvgIpc) is 4.21. The number of nitrogens with one attached hydrogen (secondary N) is 1. The number of nitrogens with zero attached hydrogens (tertiary/aromatic N) is 3. The Bertz CT molecular complexity index is 2820. The average molecular weight is 859 g/mol. The Morgan fingerprint density at radius 3 is 1.85 bits per heavy atom. The Morgan fingerprint density at radius 2 is 1.14 bits per heavy atom. The molecule has 6 aromatic rings. The minimum Gasteiger partial charge on any atom is -0.491 e. The topological polar surface area (TPSA) is 73.1 Å². The second-order valence-corrected chi connectivity index (χ2v) is 17.4. The molecule has 0 amide bonds. The molecule has 0 spiro atoms. The SMILES string of the molecule is CCCC[C@@]1(c2ccccc2)C2=N/C(=C(/c3ccccc3)c3ccc([nH]3)[C@@](CCCC)(c3ccccc3)C3=N/C(=C4/c5ccccc5OCCOCCOCCn5c4ccc51)C=C3)C=C2. The molecule has 6 heterocycles.